The summed E-state index contributed by atoms with van der Waals surface area (Å²) in [7, 11) is 0. The van der Waals surface area contributed by atoms with Gasteiger partial charge in [-0.25, -0.2) is 9.97 Å². The van der Waals surface area contributed by atoms with E-state index in [1.165, 1.54) is 0 Å². The zero-order valence-corrected chi connectivity index (χ0v) is 18.7. The van der Waals surface area contributed by atoms with Crippen LogP contribution in [0.5, 0.6) is 0 Å². The Hall–Kier alpha value is -2.19. The van der Waals surface area contributed by atoms with E-state index in [2.05, 4.69) is 15.3 Å². The number of hydrogen-bond acceptors (Lipinski definition) is 5. The predicted molar refractivity (Wildman–Crippen MR) is 124 cm³/mol. The molecule has 1 amide bonds. The van der Waals surface area contributed by atoms with E-state index in [4.69, 9.17) is 0 Å². The zero-order valence-electron chi connectivity index (χ0n) is 17.1. The van der Waals surface area contributed by atoms with Gasteiger partial charge < -0.3 is 15.3 Å². The molecule has 0 bridgehead atoms. The molecule has 4 heterocycles. The maximum atomic E-state index is 13.1. The number of carbonyl (C=O) groups is 1. The maximum Gasteiger partial charge on any atom is 0.255 e. The number of piperidine rings is 2. The summed E-state index contributed by atoms with van der Waals surface area (Å²) in [4.78, 5) is 24.0. The van der Waals surface area contributed by atoms with Crippen LogP contribution in [0, 0.1) is 5.41 Å². The molecule has 31 heavy (non-hydrogen) atoms. The van der Waals surface area contributed by atoms with Crippen LogP contribution in [0.1, 0.15) is 29.6 Å². The first-order valence-corrected chi connectivity index (χ1v) is 10.2. The maximum absolute atomic E-state index is 13.1. The Balaban J connectivity index is 0.00000136. The fourth-order valence-corrected chi connectivity index (χ4v) is 4.77. The second-order valence-corrected chi connectivity index (χ2v) is 8.15. The fraction of sp³-hybridized carbons (Fsp3) is 0.409. The van der Waals surface area contributed by atoms with E-state index < -0.39 is 0 Å². The summed E-state index contributed by atoms with van der Waals surface area (Å²) in [5.41, 5.74) is 2.90. The average Bonchev–Trinajstić information content (AvgIpc) is 3.22. The molecular formula is C22H27Cl2N5O2. The number of pyridine rings is 1. The number of aromatic nitrogens is 3. The monoisotopic (exact) mass is 463 g/mol. The molecule has 1 aromatic carbocycles. The van der Waals surface area contributed by atoms with Crippen molar-refractivity contribution in [2.24, 2.45) is 5.41 Å². The molecule has 2 aliphatic rings. The minimum atomic E-state index is -0.0916. The Bertz CT molecular complexity index is 1040. The van der Waals surface area contributed by atoms with Gasteiger partial charge in [0.1, 0.15) is 11.8 Å². The fourth-order valence-electron chi connectivity index (χ4n) is 4.77. The second-order valence-electron chi connectivity index (χ2n) is 8.15. The first-order valence-electron chi connectivity index (χ1n) is 10.2. The van der Waals surface area contributed by atoms with E-state index in [0.717, 1.165) is 37.1 Å². The topological polar surface area (TPSA) is 83.3 Å². The quantitative estimate of drug-likeness (QED) is 0.623. The number of imidazole rings is 1. The van der Waals surface area contributed by atoms with E-state index in [0.29, 0.717) is 24.2 Å². The molecule has 2 N–H and O–H groups in total. The molecule has 2 aliphatic heterocycles. The molecule has 0 saturated carbocycles. The average molecular weight is 464 g/mol. The van der Waals surface area contributed by atoms with Crippen LogP contribution in [0.25, 0.3) is 16.9 Å². The van der Waals surface area contributed by atoms with Gasteiger partial charge >= 0.3 is 0 Å². The highest BCUT2D eigenvalue weighted by atomic mass is 35.5. The Kier molecular flexibility index (Phi) is 7.21. The molecule has 166 valence electrons. The number of likely N-dealkylation sites (tertiary alicyclic amines) is 1. The summed E-state index contributed by atoms with van der Waals surface area (Å²) < 4.78 is 1.92. The largest absolute Gasteiger partial charge is 0.396 e. The van der Waals surface area contributed by atoms with Crippen molar-refractivity contribution in [3.05, 3.63) is 54.5 Å². The van der Waals surface area contributed by atoms with E-state index in [9.17, 15) is 9.90 Å². The summed E-state index contributed by atoms with van der Waals surface area (Å²) >= 11 is 0. The molecule has 9 heteroatoms. The van der Waals surface area contributed by atoms with Gasteiger partial charge in [0.15, 0.2) is 5.65 Å². The highest BCUT2D eigenvalue weighted by Crippen LogP contribution is 2.38. The zero-order chi connectivity index (χ0) is 19.8. The smallest absolute Gasteiger partial charge is 0.255 e. The summed E-state index contributed by atoms with van der Waals surface area (Å²) in [5, 5.41) is 13.5. The molecule has 5 rings (SSSR count). The lowest BCUT2D eigenvalue weighted by atomic mass is 9.70. The van der Waals surface area contributed by atoms with Crippen molar-refractivity contribution >= 4 is 41.9 Å². The lowest BCUT2D eigenvalue weighted by Crippen LogP contribution is -2.62. The number of nitrogens with zero attached hydrogens (tertiary/aromatic N) is 4. The first-order chi connectivity index (χ1) is 14.2. The number of hydrogen-bond donors (Lipinski definition) is 2. The normalized spacial score (nSPS) is 22.9. The number of rotatable bonds is 3. The van der Waals surface area contributed by atoms with E-state index >= 15 is 0 Å². The van der Waals surface area contributed by atoms with Crippen molar-refractivity contribution < 1.29 is 9.90 Å². The SMILES string of the molecule is Cl.Cl.O=C(c1cnc2c(c1)ncn2-c1ccccc1)N1CC[C@@]2(CO)CCCN[C@@H]2C1. The number of nitrogens with one attached hydrogen (secondary N) is 1. The minimum Gasteiger partial charge on any atom is -0.396 e. The van der Waals surface area contributed by atoms with Crippen LogP contribution in [0.15, 0.2) is 48.9 Å². The van der Waals surface area contributed by atoms with Gasteiger partial charge in [-0.05, 0) is 44.0 Å². The highest BCUT2D eigenvalue weighted by Gasteiger charge is 2.45. The van der Waals surface area contributed by atoms with Crippen molar-refractivity contribution in [3.63, 3.8) is 0 Å². The summed E-state index contributed by atoms with van der Waals surface area (Å²) in [5.74, 6) is -0.0208. The minimum absolute atomic E-state index is 0. The van der Waals surface area contributed by atoms with E-state index in [-0.39, 0.29) is 48.8 Å². The number of benzene rings is 1. The Morgan fingerprint density at radius 2 is 2.00 bits per heavy atom. The van der Waals surface area contributed by atoms with E-state index in [1.54, 1.807) is 12.5 Å². The number of para-hydroxylation sites is 1. The lowest BCUT2D eigenvalue weighted by Gasteiger charge is -2.50. The van der Waals surface area contributed by atoms with Gasteiger partial charge in [-0.2, -0.15) is 0 Å². The number of fused-ring (bicyclic) bond motifs is 2. The van der Waals surface area contributed by atoms with Crippen LogP contribution in [0.4, 0.5) is 0 Å². The standard InChI is InChI=1S/C22H25N5O2.2ClH/c28-14-22-7-4-9-23-19(22)13-26(10-8-22)21(29)16-11-18-20(24-12-16)27(15-25-18)17-5-2-1-3-6-17;;/h1-3,5-6,11-12,15,19,23,28H,4,7-10,13-14H2;2*1H/t19-,22-;;/m1../s1. The first kappa shape index (κ1) is 23.5. The van der Waals surface area contributed by atoms with Crippen molar-refractivity contribution in [1.29, 1.82) is 0 Å². The molecule has 0 aliphatic carbocycles. The van der Waals surface area contributed by atoms with Crippen LogP contribution < -0.4 is 5.32 Å². The van der Waals surface area contributed by atoms with Gasteiger partial charge in [0.2, 0.25) is 0 Å². The van der Waals surface area contributed by atoms with E-state index in [1.807, 2.05) is 45.9 Å². The lowest BCUT2D eigenvalue weighted by molar-refractivity contribution is -0.00882. The Morgan fingerprint density at radius 3 is 2.77 bits per heavy atom. The highest BCUT2D eigenvalue weighted by molar-refractivity contribution is 5.96. The van der Waals surface area contributed by atoms with Crippen LogP contribution in [-0.4, -0.2) is 62.7 Å². The molecule has 2 saturated heterocycles. The molecule has 0 unspecified atom stereocenters. The molecular weight excluding hydrogens is 437 g/mol. The molecule has 2 atom stereocenters. The van der Waals surface area contributed by atoms with Crippen molar-refractivity contribution in [1.82, 2.24) is 24.8 Å². The molecule has 7 nitrogen and oxygen atoms in total. The third-order valence-electron chi connectivity index (χ3n) is 6.54. The number of aliphatic hydroxyl groups excluding tert-OH is 1. The van der Waals surface area contributed by atoms with Crippen molar-refractivity contribution in [3.8, 4) is 5.69 Å². The summed E-state index contributed by atoms with van der Waals surface area (Å²) in [6.45, 7) is 2.40. The Labute approximate surface area is 193 Å². The molecule has 3 aromatic rings. The summed E-state index contributed by atoms with van der Waals surface area (Å²) in [6, 6.07) is 11.9. The second kappa shape index (κ2) is 9.53. The van der Waals surface area contributed by atoms with Gasteiger partial charge in [0.25, 0.3) is 5.91 Å². The van der Waals surface area contributed by atoms with Crippen LogP contribution in [0.2, 0.25) is 0 Å². The molecule has 0 radical (unpaired) electrons. The van der Waals surface area contributed by atoms with Gasteiger partial charge in [0, 0.05) is 36.4 Å². The van der Waals surface area contributed by atoms with Crippen molar-refractivity contribution in [2.45, 2.75) is 25.3 Å². The third kappa shape index (κ3) is 4.15. The van der Waals surface area contributed by atoms with Crippen LogP contribution >= 0.6 is 24.8 Å². The Morgan fingerprint density at radius 1 is 1.19 bits per heavy atom. The van der Waals surface area contributed by atoms with Gasteiger partial charge in [0.05, 0.1) is 12.2 Å². The number of aliphatic hydroxyl groups is 1. The van der Waals surface area contributed by atoms with Gasteiger partial charge in [-0.1, -0.05) is 18.2 Å². The number of carbonyl (C=O) groups excluding carboxylic acids is 1. The molecule has 0 spiro atoms. The predicted octanol–water partition coefficient (Wildman–Crippen LogP) is 2.84. The third-order valence-corrected chi connectivity index (χ3v) is 6.54. The molecule has 2 aromatic heterocycles. The van der Waals surface area contributed by atoms with Crippen molar-refractivity contribution in [2.75, 3.05) is 26.2 Å². The van der Waals surface area contributed by atoms with Gasteiger partial charge in [-0.3, -0.25) is 9.36 Å². The number of halogens is 2. The molecule has 2 fully saturated rings. The summed E-state index contributed by atoms with van der Waals surface area (Å²) in [6.07, 6.45) is 6.31. The van der Waals surface area contributed by atoms with Crippen LogP contribution in [0.3, 0.4) is 0 Å². The van der Waals surface area contributed by atoms with Gasteiger partial charge in [-0.15, -0.1) is 24.8 Å². The number of amides is 1. The van der Waals surface area contributed by atoms with Crippen LogP contribution in [-0.2, 0) is 0 Å².